The fraction of sp³-hybridized carbons (Fsp3) is 0.304. The first-order chi connectivity index (χ1) is 15.8. The van der Waals surface area contributed by atoms with Gasteiger partial charge in [0, 0.05) is 43.8 Å². The monoisotopic (exact) mass is 479 g/mol. The SMILES string of the molecule is Cc1onc(C(=O)N2CCN(Cc3ccc(F)cc3Cl)CC2)c1COc1ccc(F)cc1F. The summed E-state index contributed by atoms with van der Waals surface area (Å²) in [5, 5.41) is 4.25. The summed E-state index contributed by atoms with van der Waals surface area (Å²) in [7, 11) is 0. The average Bonchev–Trinajstić information content (AvgIpc) is 3.15. The van der Waals surface area contributed by atoms with Crippen LogP contribution in [0.4, 0.5) is 13.2 Å². The molecular formula is C23H21ClF3N3O3. The lowest BCUT2D eigenvalue weighted by molar-refractivity contribution is 0.0616. The maximum atomic E-state index is 13.9. The van der Waals surface area contributed by atoms with Crippen molar-refractivity contribution in [1.29, 1.82) is 0 Å². The number of aryl methyl sites for hydroxylation is 1. The molecule has 0 aliphatic carbocycles. The number of benzene rings is 2. The Labute approximate surface area is 193 Å². The molecule has 0 bridgehead atoms. The Bertz CT molecular complexity index is 1160. The number of carbonyl (C=O) groups is 1. The fourth-order valence-corrected chi connectivity index (χ4v) is 3.85. The van der Waals surface area contributed by atoms with Gasteiger partial charge in [-0.25, -0.2) is 13.2 Å². The molecule has 1 aromatic heterocycles. The lowest BCUT2D eigenvalue weighted by Gasteiger charge is -2.34. The molecule has 0 spiro atoms. The highest BCUT2D eigenvalue weighted by atomic mass is 35.5. The third-order valence-electron chi connectivity index (χ3n) is 5.52. The number of rotatable bonds is 6. The molecule has 0 N–H and O–H groups in total. The van der Waals surface area contributed by atoms with Crippen LogP contribution in [0, 0.1) is 24.4 Å². The van der Waals surface area contributed by atoms with Crippen LogP contribution >= 0.6 is 11.6 Å². The zero-order valence-electron chi connectivity index (χ0n) is 17.8. The first kappa shape index (κ1) is 23.1. The lowest BCUT2D eigenvalue weighted by atomic mass is 10.1. The first-order valence-electron chi connectivity index (χ1n) is 10.3. The van der Waals surface area contributed by atoms with Crippen LogP contribution in [0.3, 0.4) is 0 Å². The fourth-order valence-electron chi connectivity index (χ4n) is 3.62. The van der Waals surface area contributed by atoms with E-state index in [1.807, 2.05) is 0 Å². The van der Waals surface area contributed by atoms with Gasteiger partial charge in [-0.15, -0.1) is 0 Å². The normalized spacial score (nSPS) is 14.5. The Morgan fingerprint density at radius 1 is 1.09 bits per heavy atom. The van der Waals surface area contributed by atoms with E-state index in [9.17, 15) is 18.0 Å². The molecule has 1 fully saturated rings. The van der Waals surface area contributed by atoms with Crippen molar-refractivity contribution in [3.05, 3.63) is 81.5 Å². The smallest absolute Gasteiger partial charge is 0.276 e. The van der Waals surface area contributed by atoms with Crippen molar-refractivity contribution in [2.75, 3.05) is 26.2 Å². The minimum absolute atomic E-state index is 0.102. The molecule has 1 amide bonds. The number of nitrogens with zero attached hydrogens (tertiary/aromatic N) is 3. The van der Waals surface area contributed by atoms with Crippen LogP contribution in [0.15, 0.2) is 40.9 Å². The highest BCUT2D eigenvalue weighted by Crippen LogP contribution is 2.23. The maximum absolute atomic E-state index is 13.9. The lowest BCUT2D eigenvalue weighted by Crippen LogP contribution is -2.48. The van der Waals surface area contributed by atoms with Gasteiger partial charge in [-0.3, -0.25) is 9.69 Å². The van der Waals surface area contributed by atoms with Crippen LogP contribution in [0.1, 0.15) is 27.4 Å². The second-order valence-corrected chi connectivity index (χ2v) is 8.14. The summed E-state index contributed by atoms with van der Waals surface area (Å²) in [6.45, 7) is 4.14. The van der Waals surface area contributed by atoms with Crippen molar-refractivity contribution in [3.8, 4) is 5.75 Å². The minimum atomic E-state index is -0.839. The van der Waals surface area contributed by atoms with Gasteiger partial charge in [0.05, 0.1) is 5.56 Å². The number of amides is 1. The molecule has 33 heavy (non-hydrogen) atoms. The topological polar surface area (TPSA) is 58.8 Å². The number of piperazine rings is 1. The van der Waals surface area contributed by atoms with Gasteiger partial charge in [0.2, 0.25) is 0 Å². The van der Waals surface area contributed by atoms with Gasteiger partial charge in [-0.2, -0.15) is 0 Å². The van der Waals surface area contributed by atoms with Crippen LogP contribution < -0.4 is 4.74 Å². The van der Waals surface area contributed by atoms with Crippen molar-refractivity contribution in [2.45, 2.75) is 20.1 Å². The molecule has 1 aliphatic rings. The van der Waals surface area contributed by atoms with Crippen LogP contribution in [0.5, 0.6) is 5.75 Å². The molecule has 1 saturated heterocycles. The van der Waals surface area contributed by atoms with Crippen molar-refractivity contribution in [3.63, 3.8) is 0 Å². The minimum Gasteiger partial charge on any atom is -0.486 e. The third kappa shape index (κ3) is 5.31. The molecule has 3 aromatic rings. The highest BCUT2D eigenvalue weighted by Gasteiger charge is 2.28. The zero-order valence-corrected chi connectivity index (χ0v) is 18.5. The summed E-state index contributed by atoms with van der Waals surface area (Å²) in [4.78, 5) is 16.8. The van der Waals surface area contributed by atoms with Crippen LogP contribution in [-0.4, -0.2) is 47.0 Å². The number of halogens is 4. The van der Waals surface area contributed by atoms with E-state index in [4.69, 9.17) is 20.9 Å². The Morgan fingerprint density at radius 3 is 2.48 bits per heavy atom. The average molecular weight is 480 g/mol. The molecule has 0 saturated carbocycles. The van der Waals surface area contributed by atoms with E-state index < -0.39 is 11.6 Å². The predicted octanol–water partition coefficient (Wildman–Crippen LogP) is 4.59. The van der Waals surface area contributed by atoms with Crippen LogP contribution in [-0.2, 0) is 13.2 Å². The molecule has 0 unspecified atom stereocenters. The van der Waals surface area contributed by atoms with Crippen molar-refractivity contribution in [1.82, 2.24) is 15.0 Å². The number of ether oxygens (including phenoxy) is 1. The number of carbonyl (C=O) groups excluding carboxylic acids is 1. The van der Waals surface area contributed by atoms with Crippen LogP contribution in [0.25, 0.3) is 0 Å². The molecule has 0 radical (unpaired) electrons. The van der Waals surface area contributed by atoms with Crippen LogP contribution in [0.2, 0.25) is 5.02 Å². The summed E-state index contributed by atoms with van der Waals surface area (Å²) in [5.74, 6) is -2.01. The van der Waals surface area contributed by atoms with Gasteiger partial charge in [0.25, 0.3) is 5.91 Å². The summed E-state index contributed by atoms with van der Waals surface area (Å²) in [6.07, 6.45) is 0. The van der Waals surface area contributed by atoms with E-state index in [1.165, 1.54) is 18.2 Å². The second kappa shape index (κ2) is 9.84. The molecule has 4 rings (SSSR count). The number of hydrogen-bond donors (Lipinski definition) is 0. The van der Waals surface area contributed by atoms with E-state index in [-0.39, 0.29) is 29.8 Å². The highest BCUT2D eigenvalue weighted by molar-refractivity contribution is 6.31. The predicted molar refractivity (Wildman–Crippen MR) is 115 cm³/mol. The Morgan fingerprint density at radius 2 is 1.79 bits per heavy atom. The molecule has 0 atom stereocenters. The van der Waals surface area contributed by atoms with E-state index in [2.05, 4.69) is 10.1 Å². The van der Waals surface area contributed by atoms with Gasteiger partial charge in [-0.05, 0) is 36.8 Å². The molecule has 1 aliphatic heterocycles. The van der Waals surface area contributed by atoms with Crippen molar-refractivity contribution < 1.29 is 27.2 Å². The second-order valence-electron chi connectivity index (χ2n) is 7.73. The maximum Gasteiger partial charge on any atom is 0.276 e. The third-order valence-corrected chi connectivity index (χ3v) is 5.87. The molecule has 2 heterocycles. The quantitative estimate of drug-likeness (QED) is 0.517. The van der Waals surface area contributed by atoms with E-state index >= 15 is 0 Å². The largest absolute Gasteiger partial charge is 0.486 e. The summed E-state index contributed by atoms with van der Waals surface area (Å²) >= 11 is 6.12. The van der Waals surface area contributed by atoms with E-state index in [0.29, 0.717) is 49.1 Å². The summed E-state index contributed by atoms with van der Waals surface area (Å²) < 4.78 is 50.8. The zero-order chi connectivity index (χ0) is 23.5. The van der Waals surface area contributed by atoms with Crippen molar-refractivity contribution in [2.24, 2.45) is 0 Å². The molecule has 6 nitrogen and oxygen atoms in total. The summed E-state index contributed by atoms with van der Waals surface area (Å²) in [6, 6.07) is 7.30. The van der Waals surface area contributed by atoms with E-state index in [1.54, 1.807) is 17.9 Å². The van der Waals surface area contributed by atoms with Gasteiger partial charge in [0.1, 0.15) is 24.0 Å². The summed E-state index contributed by atoms with van der Waals surface area (Å²) in [5.41, 5.74) is 1.33. The standard InChI is InChI=1S/C23H21ClF3N3O3/c1-14-18(13-32-21-5-4-17(26)11-20(21)27)22(28-33-14)23(31)30-8-6-29(7-9-30)12-15-2-3-16(25)10-19(15)24/h2-5,10-11H,6-9,12-13H2,1H3. The molecule has 10 heteroatoms. The number of aromatic nitrogens is 1. The Balaban J connectivity index is 1.38. The van der Waals surface area contributed by atoms with Gasteiger partial charge >= 0.3 is 0 Å². The van der Waals surface area contributed by atoms with Crippen molar-refractivity contribution >= 4 is 17.5 Å². The van der Waals surface area contributed by atoms with Gasteiger partial charge < -0.3 is 14.2 Å². The molecular weight excluding hydrogens is 459 g/mol. The van der Waals surface area contributed by atoms with E-state index in [0.717, 1.165) is 17.7 Å². The number of hydrogen-bond acceptors (Lipinski definition) is 5. The first-order valence-corrected chi connectivity index (χ1v) is 10.7. The molecule has 174 valence electrons. The Kier molecular flexibility index (Phi) is 6.90. The van der Waals surface area contributed by atoms with Gasteiger partial charge in [-0.1, -0.05) is 22.8 Å². The molecule has 2 aromatic carbocycles. The van der Waals surface area contributed by atoms with Gasteiger partial charge in [0.15, 0.2) is 17.3 Å². The Hall–Kier alpha value is -3.04.